The molecule has 0 spiro atoms. The first kappa shape index (κ1) is 21.0. The van der Waals surface area contributed by atoms with Gasteiger partial charge in [0.15, 0.2) is 0 Å². The van der Waals surface area contributed by atoms with Crippen LogP contribution in [0.2, 0.25) is 0 Å². The van der Waals surface area contributed by atoms with Crippen molar-refractivity contribution >= 4 is 6.09 Å². The predicted molar refractivity (Wildman–Crippen MR) is 131 cm³/mol. The van der Waals surface area contributed by atoms with E-state index in [-0.39, 0.29) is 12.7 Å². The third-order valence-corrected chi connectivity index (χ3v) is 6.51. The van der Waals surface area contributed by atoms with E-state index < -0.39 is 5.54 Å². The van der Waals surface area contributed by atoms with E-state index in [1.54, 1.807) is 0 Å². The van der Waals surface area contributed by atoms with Crippen molar-refractivity contribution in [2.45, 2.75) is 25.0 Å². The first-order valence-corrected chi connectivity index (χ1v) is 11.4. The van der Waals surface area contributed by atoms with Gasteiger partial charge in [-0.1, -0.05) is 115 Å². The summed E-state index contributed by atoms with van der Waals surface area (Å²) in [6.07, 6.45) is 1.20. The number of hydrogen-bond acceptors (Lipinski definition) is 2. The lowest BCUT2D eigenvalue weighted by molar-refractivity contribution is 0.0523. The van der Waals surface area contributed by atoms with Gasteiger partial charge in [0.2, 0.25) is 0 Å². The number of amides is 1. The molecular weight excluding hydrogens is 406 g/mol. The molecule has 4 aromatic rings. The molecule has 5 rings (SSSR count). The second-order valence-electron chi connectivity index (χ2n) is 8.49. The fraction of sp³-hybridized carbons (Fsp3) is 0.167. The minimum absolute atomic E-state index is 0.258. The van der Waals surface area contributed by atoms with Gasteiger partial charge in [-0.3, -0.25) is 4.90 Å². The molecule has 4 aromatic carbocycles. The summed E-state index contributed by atoms with van der Waals surface area (Å²) in [5.74, 6) is 0. The minimum Gasteiger partial charge on any atom is -0.445 e. The highest BCUT2D eigenvalue weighted by molar-refractivity contribution is 5.72. The molecule has 1 atom stereocenters. The molecule has 1 amide bonds. The maximum Gasteiger partial charge on any atom is 0.411 e. The van der Waals surface area contributed by atoms with Gasteiger partial charge in [-0.15, -0.1) is 0 Å². The Bertz CT molecular complexity index is 1210. The van der Waals surface area contributed by atoms with E-state index in [4.69, 9.17) is 4.74 Å². The number of benzene rings is 4. The van der Waals surface area contributed by atoms with E-state index in [0.29, 0.717) is 13.0 Å². The highest BCUT2D eigenvalue weighted by Crippen LogP contribution is 2.44. The van der Waals surface area contributed by atoms with E-state index >= 15 is 0 Å². The molecular formula is C30H27NO2. The van der Waals surface area contributed by atoms with Crippen molar-refractivity contribution in [2.24, 2.45) is 0 Å². The topological polar surface area (TPSA) is 29.5 Å². The fourth-order valence-electron chi connectivity index (χ4n) is 4.96. The van der Waals surface area contributed by atoms with Gasteiger partial charge in [0.25, 0.3) is 0 Å². The normalized spacial score (nSPS) is 17.3. The van der Waals surface area contributed by atoms with Crippen LogP contribution >= 0.6 is 0 Å². The van der Waals surface area contributed by atoms with Crippen molar-refractivity contribution in [1.29, 1.82) is 0 Å². The monoisotopic (exact) mass is 433 g/mol. The highest BCUT2D eigenvalue weighted by Gasteiger charge is 2.47. The molecule has 3 nitrogen and oxygen atoms in total. The molecule has 1 unspecified atom stereocenters. The second-order valence-corrected chi connectivity index (χ2v) is 8.49. The molecule has 1 aliphatic rings. The van der Waals surface area contributed by atoms with Gasteiger partial charge in [-0.2, -0.15) is 0 Å². The first-order chi connectivity index (χ1) is 16.3. The highest BCUT2D eigenvalue weighted by atomic mass is 16.6. The lowest BCUT2D eigenvalue weighted by Crippen LogP contribution is -2.55. The van der Waals surface area contributed by atoms with Crippen LogP contribution in [0.1, 0.15) is 27.8 Å². The predicted octanol–water partition coefficient (Wildman–Crippen LogP) is 6.37. The summed E-state index contributed by atoms with van der Waals surface area (Å²) in [6.45, 7) is 0.861. The quantitative estimate of drug-likeness (QED) is 0.366. The Morgan fingerprint density at radius 2 is 1.30 bits per heavy atom. The zero-order chi connectivity index (χ0) is 22.5. The van der Waals surface area contributed by atoms with Crippen LogP contribution in [0.15, 0.2) is 115 Å². The molecule has 1 aliphatic heterocycles. The van der Waals surface area contributed by atoms with Crippen LogP contribution < -0.4 is 0 Å². The van der Waals surface area contributed by atoms with Crippen LogP contribution in [-0.2, 0) is 29.7 Å². The molecule has 1 heterocycles. The average Bonchev–Trinajstić information content (AvgIpc) is 2.89. The van der Waals surface area contributed by atoms with E-state index in [1.807, 2.05) is 59.5 Å². The Kier molecular flexibility index (Phi) is 5.95. The van der Waals surface area contributed by atoms with Gasteiger partial charge in [-0.25, -0.2) is 4.79 Å². The van der Waals surface area contributed by atoms with E-state index in [9.17, 15) is 4.79 Å². The average molecular weight is 434 g/mol. The van der Waals surface area contributed by atoms with Crippen LogP contribution in [-0.4, -0.2) is 17.5 Å². The molecule has 33 heavy (non-hydrogen) atoms. The number of nitrogens with zero attached hydrogens (tertiary/aromatic N) is 1. The maximum atomic E-state index is 13.7. The number of hydrogen-bond donors (Lipinski definition) is 0. The SMILES string of the molecule is O=C(OCc1ccccc1)N1CCc2ccccc2C1(Cc1ccccc1)c1ccccc1. The molecule has 0 fully saturated rings. The Morgan fingerprint density at radius 3 is 2.00 bits per heavy atom. The standard InChI is InChI=1S/C30H27NO2/c32-29(33-23-25-14-6-2-7-15-25)31-21-20-26-16-10-11-19-28(26)30(31,27-17-8-3-9-18-27)22-24-12-4-1-5-13-24/h1-19H,20-23H2. The van der Waals surface area contributed by atoms with Gasteiger partial charge in [0.05, 0.1) is 0 Å². The molecule has 0 saturated carbocycles. The third kappa shape index (κ3) is 4.14. The number of ether oxygens (including phenoxy) is 1. The summed E-state index contributed by atoms with van der Waals surface area (Å²) >= 11 is 0. The zero-order valence-corrected chi connectivity index (χ0v) is 18.6. The molecule has 3 heteroatoms. The van der Waals surface area contributed by atoms with Gasteiger partial charge in [0, 0.05) is 13.0 Å². The molecule has 164 valence electrons. The smallest absolute Gasteiger partial charge is 0.411 e. The maximum absolute atomic E-state index is 13.7. The summed E-state index contributed by atoms with van der Waals surface area (Å²) in [6, 6.07) is 39.1. The van der Waals surface area contributed by atoms with Crippen molar-refractivity contribution in [2.75, 3.05) is 6.54 Å². The molecule has 0 radical (unpaired) electrons. The molecule has 0 aliphatic carbocycles. The Balaban J connectivity index is 1.61. The van der Waals surface area contributed by atoms with E-state index in [1.165, 1.54) is 16.7 Å². The van der Waals surface area contributed by atoms with Crippen molar-refractivity contribution < 1.29 is 9.53 Å². The lowest BCUT2D eigenvalue weighted by Gasteiger charge is -2.48. The lowest BCUT2D eigenvalue weighted by atomic mass is 9.72. The Hall–Kier alpha value is -3.85. The van der Waals surface area contributed by atoms with Crippen LogP contribution in [0.25, 0.3) is 0 Å². The first-order valence-electron chi connectivity index (χ1n) is 11.4. The second kappa shape index (κ2) is 9.33. The van der Waals surface area contributed by atoms with Gasteiger partial charge in [-0.05, 0) is 34.2 Å². The van der Waals surface area contributed by atoms with Crippen LogP contribution in [0.3, 0.4) is 0 Å². The van der Waals surface area contributed by atoms with Gasteiger partial charge < -0.3 is 4.74 Å². The molecule has 0 aromatic heterocycles. The number of carbonyl (C=O) groups is 1. The third-order valence-electron chi connectivity index (χ3n) is 6.51. The van der Waals surface area contributed by atoms with Crippen molar-refractivity contribution in [1.82, 2.24) is 4.90 Å². The Morgan fingerprint density at radius 1 is 0.727 bits per heavy atom. The van der Waals surface area contributed by atoms with E-state index in [0.717, 1.165) is 17.5 Å². The molecule has 0 bridgehead atoms. The van der Waals surface area contributed by atoms with Gasteiger partial charge in [0.1, 0.15) is 12.1 Å². The van der Waals surface area contributed by atoms with Crippen LogP contribution in [0.4, 0.5) is 4.79 Å². The van der Waals surface area contributed by atoms with E-state index in [2.05, 4.69) is 60.7 Å². The Labute approximate surface area is 195 Å². The van der Waals surface area contributed by atoms with Crippen LogP contribution in [0, 0.1) is 0 Å². The number of carbonyl (C=O) groups excluding carboxylic acids is 1. The zero-order valence-electron chi connectivity index (χ0n) is 18.6. The summed E-state index contributed by atoms with van der Waals surface area (Å²) in [4.78, 5) is 15.6. The number of fused-ring (bicyclic) bond motifs is 1. The summed E-state index contributed by atoms with van der Waals surface area (Å²) in [7, 11) is 0. The largest absolute Gasteiger partial charge is 0.445 e. The minimum atomic E-state index is -0.648. The summed E-state index contributed by atoms with van der Waals surface area (Å²) in [5, 5.41) is 0. The fourth-order valence-corrected chi connectivity index (χ4v) is 4.96. The summed E-state index contributed by atoms with van der Waals surface area (Å²) < 4.78 is 5.88. The molecule has 0 saturated heterocycles. The number of rotatable bonds is 5. The van der Waals surface area contributed by atoms with Crippen molar-refractivity contribution in [3.63, 3.8) is 0 Å². The molecule has 0 N–H and O–H groups in total. The summed E-state index contributed by atoms with van der Waals surface area (Å²) in [5.41, 5.74) is 5.06. The van der Waals surface area contributed by atoms with Crippen molar-refractivity contribution in [3.05, 3.63) is 143 Å². The van der Waals surface area contributed by atoms with Gasteiger partial charge >= 0.3 is 6.09 Å². The van der Waals surface area contributed by atoms with Crippen molar-refractivity contribution in [3.8, 4) is 0 Å². The van der Waals surface area contributed by atoms with Crippen LogP contribution in [0.5, 0.6) is 0 Å².